The van der Waals surface area contributed by atoms with Crippen LogP contribution in [-0.4, -0.2) is 16.7 Å². The molecule has 1 N–H and O–H groups in total. The maximum atomic E-state index is 14.0. The van der Waals surface area contributed by atoms with Crippen molar-refractivity contribution in [2.45, 2.75) is 26.3 Å². The van der Waals surface area contributed by atoms with Gasteiger partial charge in [-0.25, -0.2) is 14.4 Å². The fraction of sp³-hybridized carbons (Fsp3) is 0.167. The molecule has 31 heavy (non-hydrogen) atoms. The second-order valence-corrected chi connectivity index (χ2v) is 7.10. The second kappa shape index (κ2) is 8.47. The van der Waals surface area contributed by atoms with Crippen LogP contribution in [0.2, 0.25) is 0 Å². The molecule has 0 fully saturated rings. The molecule has 0 radical (unpaired) electrons. The van der Waals surface area contributed by atoms with Crippen molar-refractivity contribution in [1.29, 1.82) is 0 Å². The van der Waals surface area contributed by atoms with Gasteiger partial charge in [-0.1, -0.05) is 31.2 Å². The topological polar surface area (TPSA) is 80.4 Å². The molecule has 0 saturated carbocycles. The van der Waals surface area contributed by atoms with Crippen LogP contribution in [0.1, 0.15) is 30.8 Å². The number of nitrogens with one attached hydrogen (secondary N) is 1. The molecule has 0 aliphatic carbocycles. The van der Waals surface area contributed by atoms with Gasteiger partial charge in [0.25, 0.3) is 0 Å². The summed E-state index contributed by atoms with van der Waals surface area (Å²) < 4.78 is 20.2. The van der Waals surface area contributed by atoms with E-state index in [-0.39, 0.29) is 5.43 Å². The number of rotatable bonds is 6. The molecule has 156 valence electrons. The Morgan fingerprint density at radius 2 is 2.00 bits per heavy atom. The van der Waals surface area contributed by atoms with E-state index in [1.54, 1.807) is 36.4 Å². The summed E-state index contributed by atoms with van der Waals surface area (Å²) in [4.78, 5) is 25.9. The molecule has 0 aliphatic rings. The minimum absolute atomic E-state index is 0.219. The zero-order chi connectivity index (χ0) is 22.0. The van der Waals surface area contributed by atoms with Crippen LogP contribution in [0.4, 0.5) is 15.9 Å². The second-order valence-electron chi connectivity index (χ2n) is 7.10. The van der Waals surface area contributed by atoms with Crippen LogP contribution >= 0.6 is 0 Å². The number of halogens is 1. The average molecular weight is 416 g/mol. The van der Waals surface area contributed by atoms with Crippen molar-refractivity contribution in [3.63, 3.8) is 0 Å². The molecular formula is C24H21FN4O2. The summed E-state index contributed by atoms with van der Waals surface area (Å²) in [6.45, 7) is 7.37. The number of hydrogen-bond acceptors (Lipinski definition) is 6. The summed E-state index contributed by atoms with van der Waals surface area (Å²) in [6, 6.07) is 12.6. The van der Waals surface area contributed by atoms with E-state index in [2.05, 4.69) is 27.0 Å². The highest BCUT2D eigenvalue weighted by Crippen LogP contribution is 2.35. The van der Waals surface area contributed by atoms with Crippen LogP contribution in [-0.2, 0) is 0 Å². The summed E-state index contributed by atoms with van der Waals surface area (Å²) in [5.74, 6) is 0.458. The van der Waals surface area contributed by atoms with Gasteiger partial charge in [0.1, 0.15) is 29.2 Å². The van der Waals surface area contributed by atoms with E-state index in [4.69, 9.17) is 4.42 Å². The van der Waals surface area contributed by atoms with Crippen LogP contribution in [0.25, 0.3) is 22.1 Å². The van der Waals surface area contributed by atoms with Crippen molar-refractivity contribution >= 4 is 29.2 Å². The third-order valence-corrected chi connectivity index (χ3v) is 5.14. The van der Waals surface area contributed by atoms with Gasteiger partial charge < -0.3 is 9.73 Å². The third-order valence-electron chi connectivity index (χ3n) is 5.14. The first-order chi connectivity index (χ1) is 15.0. The van der Waals surface area contributed by atoms with Gasteiger partial charge >= 0.3 is 0 Å². The van der Waals surface area contributed by atoms with Crippen molar-refractivity contribution in [3.05, 3.63) is 82.4 Å². The molecule has 0 aliphatic heterocycles. The van der Waals surface area contributed by atoms with Crippen LogP contribution in [0.5, 0.6) is 0 Å². The Labute approximate surface area is 178 Å². The Kier molecular flexibility index (Phi) is 5.58. The summed E-state index contributed by atoms with van der Waals surface area (Å²) in [5.41, 5.74) is 2.21. The van der Waals surface area contributed by atoms with E-state index < -0.39 is 11.9 Å². The fourth-order valence-electron chi connectivity index (χ4n) is 3.60. The highest BCUT2D eigenvalue weighted by atomic mass is 19.1. The molecule has 0 unspecified atom stereocenters. The van der Waals surface area contributed by atoms with E-state index >= 15 is 0 Å². The molecule has 0 spiro atoms. The number of para-hydroxylation sites is 1. The molecule has 2 aromatic carbocycles. The van der Waals surface area contributed by atoms with Gasteiger partial charge in [-0.05, 0) is 49.9 Å². The SMILES string of the molecule is C=Nc1c(C)ncnc1N[C@@H](CC)c1oc2ccccc2c(=O)c1-c1cccc(F)c1. The number of aromatic nitrogens is 2. The Morgan fingerprint density at radius 1 is 1.19 bits per heavy atom. The minimum Gasteiger partial charge on any atom is -0.458 e. The number of anilines is 1. The van der Waals surface area contributed by atoms with Crippen molar-refractivity contribution in [2.75, 3.05) is 5.32 Å². The lowest BCUT2D eigenvalue weighted by Crippen LogP contribution is -2.17. The summed E-state index contributed by atoms with van der Waals surface area (Å²) in [7, 11) is 0. The molecule has 0 saturated heterocycles. The molecule has 6 nitrogen and oxygen atoms in total. The largest absolute Gasteiger partial charge is 0.458 e. The molecular weight excluding hydrogens is 395 g/mol. The summed E-state index contributed by atoms with van der Waals surface area (Å²) in [6.07, 6.45) is 2.01. The van der Waals surface area contributed by atoms with Gasteiger partial charge in [0.15, 0.2) is 5.82 Å². The van der Waals surface area contributed by atoms with Crippen molar-refractivity contribution < 1.29 is 8.81 Å². The van der Waals surface area contributed by atoms with Crippen LogP contribution in [0.3, 0.4) is 0 Å². The molecule has 2 aromatic heterocycles. The van der Waals surface area contributed by atoms with E-state index in [1.165, 1.54) is 18.5 Å². The van der Waals surface area contributed by atoms with Crippen molar-refractivity contribution in [3.8, 4) is 11.1 Å². The number of nitrogens with zero attached hydrogens (tertiary/aromatic N) is 3. The van der Waals surface area contributed by atoms with Crippen molar-refractivity contribution in [1.82, 2.24) is 9.97 Å². The summed E-state index contributed by atoms with van der Waals surface area (Å²) in [5, 5.41) is 3.75. The molecule has 1 atom stereocenters. The number of aryl methyl sites for hydroxylation is 1. The normalized spacial score (nSPS) is 12.0. The molecule has 0 bridgehead atoms. The van der Waals surface area contributed by atoms with E-state index in [0.29, 0.717) is 51.5 Å². The predicted octanol–water partition coefficient (Wildman–Crippen LogP) is 5.59. The van der Waals surface area contributed by atoms with Crippen LogP contribution < -0.4 is 10.7 Å². The molecule has 7 heteroatoms. The molecule has 2 heterocycles. The number of benzene rings is 2. The number of hydrogen-bond donors (Lipinski definition) is 1. The smallest absolute Gasteiger partial charge is 0.200 e. The third kappa shape index (κ3) is 3.82. The van der Waals surface area contributed by atoms with Gasteiger partial charge in [-0.15, -0.1) is 0 Å². The van der Waals surface area contributed by atoms with Gasteiger partial charge in [0, 0.05) is 0 Å². The van der Waals surface area contributed by atoms with Crippen LogP contribution in [0.15, 0.2) is 69.1 Å². The summed E-state index contributed by atoms with van der Waals surface area (Å²) >= 11 is 0. The maximum Gasteiger partial charge on any atom is 0.200 e. The molecule has 4 rings (SSSR count). The first kappa shape index (κ1) is 20.4. The lowest BCUT2D eigenvalue weighted by Gasteiger charge is -2.21. The Hall–Kier alpha value is -3.87. The molecule has 0 amide bonds. The monoisotopic (exact) mass is 416 g/mol. The quantitative estimate of drug-likeness (QED) is 0.414. The van der Waals surface area contributed by atoms with E-state index in [0.717, 1.165) is 0 Å². The Bertz CT molecular complexity index is 1330. The van der Waals surface area contributed by atoms with Gasteiger partial charge in [0.2, 0.25) is 5.43 Å². The molecule has 4 aromatic rings. The lowest BCUT2D eigenvalue weighted by molar-refractivity contribution is 0.495. The van der Waals surface area contributed by atoms with Crippen LogP contribution in [0, 0.1) is 12.7 Å². The van der Waals surface area contributed by atoms with Gasteiger partial charge in [-0.3, -0.25) is 9.79 Å². The first-order valence-electron chi connectivity index (χ1n) is 9.90. The van der Waals surface area contributed by atoms with Gasteiger partial charge in [0.05, 0.1) is 22.7 Å². The maximum absolute atomic E-state index is 14.0. The lowest BCUT2D eigenvalue weighted by atomic mass is 9.97. The fourth-order valence-corrected chi connectivity index (χ4v) is 3.60. The highest BCUT2D eigenvalue weighted by Gasteiger charge is 2.24. The van der Waals surface area contributed by atoms with Gasteiger partial charge in [-0.2, -0.15) is 0 Å². The number of aliphatic imine (C=N–C) groups is 1. The van der Waals surface area contributed by atoms with E-state index in [9.17, 15) is 9.18 Å². The van der Waals surface area contributed by atoms with E-state index in [1.807, 2.05) is 13.8 Å². The predicted molar refractivity (Wildman–Crippen MR) is 121 cm³/mol. The highest BCUT2D eigenvalue weighted by molar-refractivity contribution is 5.83. The zero-order valence-corrected chi connectivity index (χ0v) is 17.2. The first-order valence-corrected chi connectivity index (χ1v) is 9.90. The average Bonchev–Trinajstić information content (AvgIpc) is 2.77. The zero-order valence-electron chi connectivity index (χ0n) is 17.2. The Morgan fingerprint density at radius 3 is 2.74 bits per heavy atom. The minimum atomic E-state index is -0.429. The standard InChI is InChI=1S/C24H21FN4O2/c1-4-18(29-24-21(26-3)14(2)27-13-28-24)23-20(15-8-7-9-16(25)12-15)22(30)17-10-5-6-11-19(17)31-23/h5-13,18H,3-4H2,1-2H3,(H,27,28,29)/t18-/m0/s1. The Balaban J connectivity index is 1.95. The van der Waals surface area contributed by atoms with Crippen molar-refractivity contribution in [2.24, 2.45) is 4.99 Å². The number of fused-ring (bicyclic) bond motifs is 1.